The van der Waals surface area contributed by atoms with E-state index in [0.717, 1.165) is 21.2 Å². The van der Waals surface area contributed by atoms with Gasteiger partial charge in [0.25, 0.3) is 0 Å². The van der Waals surface area contributed by atoms with Crippen molar-refractivity contribution in [2.75, 3.05) is 7.11 Å². The van der Waals surface area contributed by atoms with E-state index < -0.39 is 0 Å². The predicted octanol–water partition coefficient (Wildman–Crippen LogP) is 3.35. The zero-order valence-corrected chi connectivity index (χ0v) is 11.5. The van der Waals surface area contributed by atoms with Crippen molar-refractivity contribution in [3.63, 3.8) is 0 Å². The van der Waals surface area contributed by atoms with Crippen LogP contribution in [0.5, 0.6) is 5.75 Å². The molecule has 1 aromatic carbocycles. The molecule has 0 radical (unpaired) electrons. The van der Waals surface area contributed by atoms with E-state index >= 15 is 0 Å². The van der Waals surface area contributed by atoms with Crippen LogP contribution < -0.4 is 10.5 Å². The van der Waals surface area contributed by atoms with Gasteiger partial charge in [0, 0.05) is 17.6 Å². The Balaban J connectivity index is 2.29. The van der Waals surface area contributed by atoms with Crippen LogP contribution in [0.15, 0.2) is 46.5 Å². The maximum Gasteiger partial charge on any atom is 0.120 e. The molecule has 2 N–H and O–H groups in total. The molecule has 0 aliphatic heterocycles. The average Bonchev–Trinajstić information content (AvgIpc) is 2.41. The zero-order chi connectivity index (χ0) is 13.0. The number of halogens is 1. The minimum absolute atomic E-state index is 0.486. The van der Waals surface area contributed by atoms with E-state index in [0.29, 0.717) is 11.6 Å². The molecule has 0 saturated carbocycles. The summed E-state index contributed by atoms with van der Waals surface area (Å²) in [6, 6.07) is 9.54. The summed E-state index contributed by atoms with van der Waals surface area (Å²) in [4.78, 5) is 5.30. The molecule has 1 heterocycles. The van der Waals surface area contributed by atoms with Crippen LogP contribution in [0.1, 0.15) is 5.56 Å². The first kappa shape index (κ1) is 13.2. The van der Waals surface area contributed by atoms with Gasteiger partial charge in [-0.2, -0.15) is 0 Å². The highest BCUT2D eigenvalue weighted by atomic mass is 35.5. The second-order valence-electron chi connectivity index (χ2n) is 3.59. The molecule has 0 saturated heterocycles. The summed E-state index contributed by atoms with van der Waals surface area (Å²) in [7, 11) is 1.65. The van der Waals surface area contributed by atoms with Crippen LogP contribution in [-0.2, 0) is 6.54 Å². The van der Waals surface area contributed by atoms with E-state index in [1.165, 1.54) is 0 Å². The van der Waals surface area contributed by atoms with Gasteiger partial charge in [-0.3, -0.25) is 0 Å². The molecule has 94 valence electrons. The molecule has 2 aromatic rings. The van der Waals surface area contributed by atoms with Crippen LogP contribution in [-0.4, -0.2) is 12.1 Å². The second-order valence-corrected chi connectivity index (χ2v) is 5.09. The lowest BCUT2D eigenvalue weighted by Crippen LogP contribution is -1.98. The Morgan fingerprint density at radius 2 is 2.17 bits per heavy atom. The number of pyridine rings is 1. The predicted molar refractivity (Wildman–Crippen MR) is 74.3 cm³/mol. The monoisotopic (exact) mass is 280 g/mol. The number of methoxy groups -OCH3 is 1. The van der Waals surface area contributed by atoms with Gasteiger partial charge in [0.2, 0.25) is 0 Å². The first-order valence-corrected chi connectivity index (χ1v) is 6.59. The lowest BCUT2D eigenvalue weighted by Gasteiger charge is -2.09. The van der Waals surface area contributed by atoms with E-state index in [9.17, 15) is 0 Å². The summed E-state index contributed by atoms with van der Waals surface area (Å²) in [6.45, 7) is 0.486. The molecule has 2 rings (SSSR count). The maximum absolute atomic E-state index is 5.81. The van der Waals surface area contributed by atoms with Crippen molar-refractivity contribution in [2.45, 2.75) is 16.5 Å². The standard InChI is InChI=1S/C13H13ClN2OS/c1-17-11-4-2-9(7-15)12(6-11)18-13-5-3-10(14)8-16-13/h2-6,8H,7,15H2,1H3. The molecule has 0 amide bonds. The topological polar surface area (TPSA) is 48.1 Å². The first-order chi connectivity index (χ1) is 8.72. The second kappa shape index (κ2) is 6.09. The van der Waals surface area contributed by atoms with Crippen molar-refractivity contribution in [3.8, 4) is 5.75 Å². The molecule has 0 spiro atoms. The molecule has 0 aliphatic rings. The van der Waals surface area contributed by atoms with Crippen molar-refractivity contribution in [1.82, 2.24) is 4.98 Å². The first-order valence-electron chi connectivity index (χ1n) is 5.39. The van der Waals surface area contributed by atoms with E-state index in [1.807, 2.05) is 30.3 Å². The summed E-state index contributed by atoms with van der Waals surface area (Å²) < 4.78 is 5.22. The number of nitrogens with two attached hydrogens (primary N) is 1. The van der Waals surface area contributed by atoms with Crippen molar-refractivity contribution in [2.24, 2.45) is 5.73 Å². The molecule has 3 nitrogen and oxygen atoms in total. The highest BCUT2D eigenvalue weighted by Gasteiger charge is 2.06. The van der Waals surface area contributed by atoms with Gasteiger partial charge < -0.3 is 10.5 Å². The Morgan fingerprint density at radius 3 is 2.78 bits per heavy atom. The van der Waals surface area contributed by atoms with Gasteiger partial charge in [-0.15, -0.1) is 0 Å². The van der Waals surface area contributed by atoms with Crippen molar-refractivity contribution in [1.29, 1.82) is 0 Å². The Hall–Kier alpha value is -1.23. The molecule has 18 heavy (non-hydrogen) atoms. The SMILES string of the molecule is COc1ccc(CN)c(Sc2ccc(Cl)cn2)c1. The number of rotatable bonds is 4. The van der Waals surface area contributed by atoms with Crippen LogP contribution in [0.2, 0.25) is 5.02 Å². The molecular formula is C13H13ClN2OS. The van der Waals surface area contributed by atoms with E-state index in [1.54, 1.807) is 25.1 Å². The fraction of sp³-hybridized carbons (Fsp3) is 0.154. The Kier molecular flexibility index (Phi) is 4.47. The third-order valence-corrected chi connectivity index (χ3v) is 3.68. The molecule has 0 unspecified atom stereocenters. The number of benzene rings is 1. The molecule has 5 heteroatoms. The highest BCUT2D eigenvalue weighted by Crippen LogP contribution is 2.32. The van der Waals surface area contributed by atoms with Crippen molar-refractivity contribution in [3.05, 3.63) is 47.1 Å². The molecule has 1 aromatic heterocycles. The fourth-order valence-corrected chi connectivity index (χ4v) is 2.50. The summed E-state index contributed by atoms with van der Waals surface area (Å²) in [5.41, 5.74) is 6.79. The van der Waals surface area contributed by atoms with Gasteiger partial charge in [0.15, 0.2) is 0 Å². The Bertz CT molecular complexity index is 531. The van der Waals surface area contributed by atoms with Crippen molar-refractivity contribution >= 4 is 23.4 Å². The van der Waals surface area contributed by atoms with Gasteiger partial charge in [0.05, 0.1) is 12.1 Å². The fourth-order valence-electron chi connectivity index (χ4n) is 1.46. The molecular weight excluding hydrogens is 268 g/mol. The van der Waals surface area contributed by atoms with Gasteiger partial charge in [0.1, 0.15) is 10.8 Å². The summed E-state index contributed by atoms with van der Waals surface area (Å²) in [5, 5.41) is 1.51. The minimum Gasteiger partial charge on any atom is -0.497 e. The number of ether oxygens (including phenoxy) is 1. The van der Waals surface area contributed by atoms with Gasteiger partial charge in [-0.05, 0) is 29.8 Å². The van der Waals surface area contributed by atoms with E-state index in [-0.39, 0.29) is 0 Å². The lowest BCUT2D eigenvalue weighted by atomic mass is 10.2. The van der Waals surface area contributed by atoms with Gasteiger partial charge >= 0.3 is 0 Å². The van der Waals surface area contributed by atoms with Crippen LogP contribution in [0.4, 0.5) is 0 Å². The van der Waals surface area contributed by atoms with Crippen molar-refractivity contribution < 1.29 is 4.74 Å². The molecule has 0 atom stereocenters. The summed E-state index contributed by atoms with van der Waals surface area (Å²) in [6.07, 6.45) is 1.63. The Labute approximate surface area is 115 Å². The van der Waals surface area contributed by atoms with E-state index in [4.69, 9.17) is 22.1 Å². The largest absolute Gasteiger partial charge is 0.497 e. The zero-order valence-electron chi connectivity index (χ0n) is 9.89. The number of nitrogens with zero attached hydrogens (tertiary/aromatic N) is 1. The number of aromatic nitrogens is 1. The Morgan fingerprint density at radius 1 is 1.33 bits per heavy atom. The van der Waals surface area contributed by atoms with Crippen LogP contribution in [0, 0.1) is 0 Å². The molecule has 0 aliphatic carbocycles. The third kappa shape index (κ3) is 3.16. The van der Waals surface area contributed by atoms with Crippen LogP contribution >= 0.6 is 23.4 Å². The maximum atomic E-state index is 5.81. The third-order valence-electron chi connectivity index (χ3n) is 2.41. The number of hydrogen-bond donors (Lipinski definition) is 1. The quantitative estimate of drug-likeness (QED) is 0.933. The van der Waals surface area contributed by atoms with E-state index in [2.05, 4.69) is 4.98 Å². The number of hydrogen-bond acceptors (Lipinski definition) is 4. The lowest BCUT2D eigenvalue weighted by molar-refractivity contribution is 0.413. The summed E-state index contributed by atoms with van der Waals surface area (Å²) in [5.74, 6) is 0.809. The smallest absolute Gasteiger partial charge is 0.120 e. The van der Waals surface area contributed by atoms with Gasteiger partial charge in [-0.25, -0.2) is 4.98 Å². The van der Waals surface area contributed by atoms with Crippen LogP contribution in [0.25, 0.3) is 0 Å². The highest BCUT2D eigenvalue weighted by molar-refractivity contribution is 7.99. The summed E-state index contributed by atoms with van der Waals surface area (Å²) >= 11 is 7.36. The van der Waals surface area contributed by atoms with Gasteiger partial charge in [-0.1, -0.05) is 29.4 Å². The average molecular weight is 281 g/mol. The van der Waals surface area contributed by atoms with Crippen LogP contribution in [0.3, 0.4) is 0 Å². The molecule has 0 fully saturated rings. The normalized spacial score (nSPS) is 10.4. The minimum atomic E-state index is 0.486. The molecule has 0 bridgehead atoms.